The highest BCUT2D eigenvalue weighted by atomic mass is 19.4. The van der Waals surface area contributed by atoms with Crippen LogP contribution in [0.15, 0.2) is 42.5 Å². The number of aliphatic hydroxyl groups is 1. The summed E-state index contributed by atoms with van der Waals surface area (Å²) < 4.78 is 54.3. The molecule has 6 nitrogen and oxygen atoms in total. The molecule has 1 N–H and O–H groups in total. The normalized spacial score (nSPS) is 18.7. The molecule has 0 aromatic heterocycles. The van der Waals surface area contributed by atoms with E-state index >= 15 is 0 Å². The minimum absolute atomic E-state index is 0.153. The first-order valence-corrected chi connectivity index (χ1v) is 10.3. The summed E-state index contributed by atoms with van der Waals surface area (Å²) in [6.07, 6.45) is -3.42. The van der Waals surface area contributed by atoms with Gasteiger partial charge in [-0.2, -0.15) is 13.2 Å². The van der Waals surface area contributed by atoms with Crippen molar-refractivity contribution in [3.05, 3.63) is 59.2 Å². The molecule has 0 unspecified atom stereocenters. The highest BCUT2D eigenvalue weighted by Crippen LogP contribution is 2.36. The van der Waals surface area contributed by atoms with Crippen LogP contribution in [0.25, 0.3) is 0 Å². The van der Waals surface area contributed by atoms with E-state index in [1.807, 2.05) is 0 Å². The first-order valence-electron chi connectivity index (χ1n) is 10.3. The third-order valence-corrected chi connectivity index (χ3v) is 5.85. The van der Waals surface area contributed by atoms with Gasteiger partial charge < -0.3 is 24.2 Å². The van der Waals surface area contributed by atoms with E-state index in [1.165, 1.54) is 19.2 Å². The average Bonchev–Trinajstić information content (AvgIpc) is 2.77. The molecule has 2 aliphatic rings. The molecular weight excluding hydrogens is 427 g/mol. The predicted molar refractivity (Wildman–Crippen MR) is 109 cm³/mol. The molecule has 4 rings (SSSR count). The molecule has 0 aliphatic carbocycles. The molecule has 2 saturated heterocycles. The Morgan fingerprint density at radius 2 is 1.78 bits per heavy atom. The minimum Gasteiger partial charge on any atom is -0.496 e. The Labute approximate surface area is 183 Å². The van der Waals surface area contributed by atoms with Crippen molar-refractivity contribution in [2.24, 2.45) is 0 Å². The lowest BCUT2D eigenvalue weighted by Crippen LogP contribution is -2.46. The van der Waals surface area contributed by atoms with Crippen molar-refractivity contribution < 1.29 is 37.3 Å². The summed E-state index contributed by atoms with van der Waals surface area (Å²) >= 11 is 0. The topological polar surface area (TPSA) is 68.2 Å². The van der Waals surface area contributed by atoms with E-state index < -0.39 is 17.3 Å². The van der Waals surface area contributed by atoms with Crippen molar-refractivity contribution in [2.45, 2.75) is 30.7 Å². The van der Waals surface area contributed by atoms with Gasteiger partial charge in [-0.05, 0) is 36.4 Å². The van der Waals surface area contributed by atoms with Gasteiger partial charge in [0.15, 0.2) is 0 Å². The Hall–Kier alpha value is -2.78. The van der Waals surface area contributed by atoms with E-state index in [1.54, 1.807) is 23.1 Å². The van der Waals surface area contributed by atoms with Crippen LogP contribution in [0, 0.1) is 0 Å². The minimum atomic E-state index is -4.38. The third-order valence-electron chi connectivity index (χ3n) is 5.85. The highest BCUT2D eigenvalue weighted by molar-refractivity contribution is 5.94. The highest BCUT2D eigenvalue weighted by Gasteiger charge is 2.40. The quantitative estimate of drug-likeness (QED) is 0.752. The monoisotopic (exact) mass is 451 g/mol. The maximum absolute atomic E-state index is 12.9. The van der Waals surface area contributed by atoms with Gasteiger partial charge in [-0.3, -0.25) is 4.79 Å². The zero-order valence-electron chi connectivity index (χ0n) is 17.5. The number of methoxy groups -OCH3 is 1. The molecule has 0 spiro atoms. The van der Waals surface area contributed by atoms with Crippen LogP contribution in [0.2, 0.25) is 0 Å². The molecule has 32 heavy (non-hydrogen) atoms. The van der Waals surface area contributed by atoms with Crippen molar-refractivity contribution >= 4 is 5.91 Å². The summed E-state index contributed by atoms with van der Waals surface area (Å²) in [4.78, 5) is 14.7. The SMILES string of the molecule is COc1cc(C(=O)N2CCC(Oc3ccc(C(F)(F)F)cc3)CC2)ccc1C1(O)COC1. The van der Waals surface area contributed by atoms with Crippen molar-refractivity contribution in [3.8, 4) is 11.5 Å². The van der Waals surface area contributed by atoms with Crippen molar-refractivity contribution in [1.82, 2.24) is 4.90 Å². The molecule has 1 amide bonds. The molecule has 0 bridgehead atoms. The molecule has 2 aromatic rings. The number of alkyl halides is 3. The lowest BCUT2D eigenvalue weighted by atomic mass is 9.90. The van der Waals surface area contributed by atoms with Crippen LogP contribution in [0.3, 0.4) is 0 Å². The molecule has 2 fully saturated rings. The fourth-order valence-electron chi connectivity index (χ4n) is 3.93. The molecule has 2 aliphatic heterocycles. The number of amides is 1. The summed E-state index contributed by atoms with van der Waals surface area (Å²) in [5, 5.41) is 10.5. The number of carbonyl (C=O) groups excluding carboxylic acids is 1. The summed E-state index contributed by atoms with van der Waals surface area (Å²) in [7, 11) is 1.49. The molecular formula is C23H24F3NO5. The number of ether oxygens (including phenoxy) is 3. The fraction of sp³-hybridized carbons (Fsp3) is 0.435. The van der Waals surface area contributed by atoms with Gasteiger partial charge in [-0.25, -0.2) is 0 Å². The molecule has 0 saturated carbocycles. The van der Waals surface area contributed by atoms with Crippen LogP contribution in [0.4, 0.5) is 13.2 Å². The van der Waals surface area contributed by atoms with Crippen LogP contribution in [0.1, 0.15) is 34.3 Å². The first-order chi connectivity index (χ1) is 15.2. The third kappa shape index (κ3) is 4.54. The van der Waals surface area contributed by atoms with Gasteiger partial charge >= 0.3 is 6.18 Å². The van der Waals surface area contributed by atoms with Crippen LogP contribution in [-0.4, -0.2) is 55.4 Å². The number of carbonyl (C=O) groups is 1. The Bertz CT molecular complexity index is 965. The Morgan fingerprint density at radius 3 is 2.31 bits per heavy atom. The van der Waals surface area contributed by atoms with Gasteiger partial charge in [-0.15, -0.1) is 0 Å². The van der Waals surface area contributed by atoms with E-state index in [9.17, 15) is 23.1 Å². The molecule has 2 aromatic carbocycles. The standard InChI is InChI=1S/C23H24F3NO5/c1-30-20-12-15(2-7-19(20)22(29)13-31-14-22)21(28)27-10-8-18(9-11-27)32-17-5-3-16(4-6-17)23(24,25)26/h2-7,12,18,29H,8-11,13-14H2,1H3. The Morgan fingerprint density at radius 1 is 1.12 bits per heavy atom. The zero-order chi connectivity index (χ0) is 22.9. The summed E-state index contributed by atoms with van der Waals surface area (Å²) in [5.74, 6) is 0.655. The molecule has 2 heterocycles. The van der Waals surface area contributed by atoms with Gasteiger partial charge in [0.05, 0.1) is 25.9 Å². The fourth-order valence-corrected chi connectivity index (χ4v) is 3.93. The van der Waals surface area contributed by atoms with Gasteiger partial charge in [0.1, 0.15) is 23.2 Å². The van der Waals surface area contributed by atoms with Crippen LogP contribution < -0.4 is 9.47 Å². The lowest BCUT2D eigenvalue weighted by molar-refractivity contribution is -0.185. The number of halogens is 3. The Balaban J connectivity index is 1.35. The molecule has 0 atom stereocenters. The number of hydrogen-bond acceptors (Lipinski definition) is 5. The first kappa shape index (κ1) is 22.4. The van der Waals surface area contributed by atoms with Crippen LogP contribution in [0.5, 0.6) is 11.5 Å². The number of hydrogen-bond donors (Lipinski definition) is 1. The van der Waals surface area contributed by atoms with Crippen molar-refractivity contribution in [2.75, 3.05) is 33.4 Å². The number of nitrogens with zero attached hydrogens (tertiary/aromatic N) is 1. The number of piperidine rings is 1. The second kappa shape index (κ2) is 8.63. The molecule has 9 heteroatoms. The van der Waals surface area contributed by atoms with Crippen molar-refractivity contribution in [1.29, 1.82) is 0 Å². The lowest BCUT2D eigenvalue weighted by Gasteiger charge is -2.37. The second-order valence-corrected chi connectivity index (χ2v) is 8.07. The summed E-state index contributed by atoms with van der Waals surface area (Å²) in [5.41, 5.74) is -0.771. The molecule has 172 valence electrons. The van der Waals surface area contributed by atoms with Crippen LogP contribution in [-0.2, 0) is 16.5 Å². The average molecular weight is 451 g/mol. The van der Waals surface area contributed by atoms with E-state index in [0.29, 0.717) is 48.6 Å². The number of benzene rings is 2. The molecule has 0 radical (unpaired) electrons. The smallest absolute Gasteiger partial charge is 0.416 e. The van der Waals surface area contributed by atoms with E-state index in [-0.39, 0.29) is 25.2 Å². The maximum atomic E-state index is 12.9. The van der Waals surface area contributed by atoms with Crippen LogP contribution >= 0.6 is 0 Å². The van der Waals surface area contributed by atoms with E-state index in [0.717, 1.165) is 12.1 Å². The van der Waals surface area contributed by atoms with Gasteiger partial charge in [0.25, 0.3) is 5.91 Å². The predicted octanol–water partition coefficient (Wildman–Crippen LogP) is 3.62. The summed E-state index contributed by atoms with van der Waals surface area (Å²) in [6.45, 7) is 1.30. The van der Waals surface area contributed by atoms with Gasteiger partial charge in [0, 0.05) is 37.1 Å². The number of likely N-dealkylation sites (tertiary alicyclic amines) is 1. The number of rotatable bonds is 5. The zero-order valence-corrected chi connectivity index (χ0v) is 17.5. The van der Waals surface area contributed by atoms with Crippen molar-refractivity contribution in [3.63, 3.8) is 0 Å². The van der Waals surface area contributed by atoms with Gasteiger partial charge in [0.2, 0.25) is 0 Å². The largest absolute Gasteiger partial charge is 0.496 e. The maximum Gasteiger partial charge on any atom is 0.416 e. The van der Waals surface area contributed by atoms with E-state index in [2.05, 4.69) is 0 Å². The Kier molecular flexibility index (Phi) is 6.05. The van der Waals surface area contributed by atoms with E-state index in [4.69, 9.17) is 14.2 Å². The van der Waals surface area contributed by atoms with Gasteiger partial charge in [-0.1, -0.05) is 6.07 Å². The second-order valence-electron chi connectivity index (χ2n) is 8.07. The summed E-state index contributed by atoms with van der Waals surface area (Å²) in [6, 6.07) is 9.61.